The number of benzene rings is 1. The second kappa shape index (κ2) is 6.59. The van der Waals surface area contributed by atoms with Crippen molar-refractivity contribution in [1.82, 2.24) is 0 Å². The molecule has 0 bridgehead atoms. The maximum atomic E-state index is 11.9. The molecule has 1 unspecified atom stereocenters. The van der Waals surface area contributed by atoms with Crippen molar-refractivity contribution in [1.29, 1.82) is 0 Å². The maximum Gasteiger partial charge on any atom is 0.158 e. The van der Waals surface area contributed by atoms with Gasteiger partial charge in [0.1, 0.15) is 12.4 Å². The van der Waals surface area contributed by atoms with E-state index in [-0.39, 0.29) is 18.4 Å². The van der Waals surface area contributed by atoms with Gasteiger partial charge in [-0.05, 0) is 44.9 Å². The van der Waals surface area contributed by atoms with Crippen LogP contribution in [0.1, 0.15) is 45.7 Å². The topological polar surface area (TPSA) is 69.4 Å². The van der Waals surface area contributed by atoms with Crippen LogP contribution in [0.4, 0.5) is 0 Å². The number of ether oxygens (including phenoxy) is 1. The molecule has 0 fully saturated rings. The number of nitrogens with two attached hydrogens (primary N) is 1. The summed E-state index contributed by atoms with van der Waals surface area (Å²) in [4.78, 5) is 0. The van der Waals surface area contributed by atoms with Crippen molar-refractivity contribution in [2.75, 3.05) is 12.4 Å². The van der Waals surface area contributed by atoms with Gasteiger partial charge in [-0.3, -0.25) is 0 Å². The molecule has 0 aromatic heterocycles. The average molecular weight is 299 g/mol. The normalized spacial score (nSPS) is 14.1. The smallest absolute Gasteiger partial charge is 0.158 e. The lowest BCUT2D eigenvalue weighted by molar-refractivity contribution is 0.339. The Balaban J connectivity index is 2.55. The van der Waals surface area contributed by atoms with Gasteiger partial charge in [0.2, 0.25) is 0 Å². The zero-order valence-electron chi connectivity index (χ0n) is 12.7. The zero-order chi connectivity index (χ0) is 15.4. The highest BCUT2D eigenvalue weighted by Gasteiger charge is 2.28. The van der Waals surface area contributed by atoms with Gasteiger partial charge in [0.05, 0.1) is 10.5 Å². The lowest BCUT2D eigenvalue weighted by Gasteiger charge is -2.19. The molecule has 0 saturated carbocycles. The summed E-state index contributed by atoms with van der Waals surface area (Å²) in [6.07, 6.45) is 0.879. The second-order valence-electron chi connectivity index (χ2n) is 5.86. The van der Waals surface area contributed by atoms with Crippen LogP contribution in [0.15, 0.2) is 24.3 Å². The molecule has 0 heterocycles. The van der Waals surface area contributed by atoms with E-state index in [0.29, 0.717) is 5.75 Å². The van der Waals surface area contributed by atoms with Gasteiger partial charge < -0.3 is 10.5 Å². The highest BCUT2D eigenvalue weighted by atomic mass is 32.2. The molecule has 1 atom stereocenters. The molecule has 0 aliphatic carbocycles. The SMILES string of the molecule is CCC(N)c1ccc(OCCS(=O)(=O)C(C)(C)C)cc1. The van der Waals surface area contributed by atoms with E-state index >= 15 is 0 Å². The van der Waals surface area contributed by atoms with Crippen molar-refractivity contribution >= 4 is 9.84 Å². The number of sulfone groups is 1. The van der Waals surface area contributed by atoms with Gasteiger partial charge in [0, 0.05) is 6.04 Å². The summed E-state index contributed by atoms with van der Waals surface area (Å²) in [5, 5.41) is 0. The maximum absolute atomic E-state index is 11.9. The second-order valence-corrected chi connectivity index (χ2v) is 8.73. The summed E-state index contributed by atoms with van der Waals surface area (Å²) in [6.45, 7) is 7.29. The Morgan fingerprint density at radius 3 is 2.20 bits per heavy atom. The molecule has 2 N–H and O–H groups in total. The molecule has 1 rings (SSSR count). The van der Waals surface area contributed by atoms with E-state index < -0.39 is 14.6 Å². The molecular formula is C15H25NO3S. The first-order valence-electron chi connectivity index (χ1n) is 6.88. The van der Waals surface area contributed by atoms with Crippen LogP contribution >= 0.6 is 0 Å². The molecule has 0 spiro atoms. The highest BCUT2D eigenvalue weighted by Crippen LogP contribution is 2.19. The van der Waals surface area contributed by atoms with Crippen molar-refractivity contribution in [2.45, 2.75) is 44.9 Å². The molecule has 20 heavy (non-hydrogen) atoms. The zero-order valence-corrected chi connectivity index (χ0v) is 13.5. The molecule has 0 aliphatic heterocycles. The van der Waals surface area contributed by atoms with Gasteiger partial charge >= 0.3 is 0 Å². The standard InChI is InChI=1S/C15H25NO3S/c1-5-14(16)12-6-8-13(9-7-12)19-10-11-20(17,18)15(2,3)4/h6-9,14H,5,10-11,16H2,1-4H3. The molecule has 1 aromatic carbocycles. The van der Waals surface area contributed by atoms with Gasteiger partial charge in [-0.15, -0.1) is 0 Å². The quantitative estimate of drug-likeness (QED) is 0.877. The highest BCUT2D eigenvalue weighted by molar-refractivity contribution is 7.92. The number of hydrogen-bond acceptors (Lipinski definition) is 4. The van der Waals surface area contributed by atoms with E-state index in [1.807, 2.05) is 31.2 Å². The summed E-state index contributed by atoms with van der Waals surface area (Å²) >= 11 is 0. The fourth-order valence-electron chi connectivity index (χ4n) is 1.62. The van der Waals surface area contributed by atoms with Crippen LogP contribution in [0.25, 0.3) is 0 Å². The van der Waals surface area contributed by atoms with E-state index in [2.05, 4.69) is 0 Å². The van der Waals surface area contributed by atoms with Crippen LogP contribution in [0.5, 0.6) is 5.75 Å². The summed E-state index contributed by atoms with van der Waals surface area (Å²) in [5.74, 6) is 0.688. The molecule has 0 aliphatic rings. The Bertz CT molecular complexity index is 515. The van der Waals surface area contributed by atoms with Gasteiger partial charge in [0.15, 0.2) is 9.84 Å². The molecule has 5 heteroatoms. The predicted octanol–water partition coefficient (Wildman–Crippen LogP) is 2.69. The Morgan fingerprint density at radius 1 is 1.20 bits per heavy atom. The molecule has 4 nitrogen and oxygen atoms in total. The van der Waals surface area contributed by atoms with Crippen molar-refractivity contribution < 1.29 is 13.2 Å². The summed E-state index contributed by atoms with van der Waals surface area (Å²) in [7, 11) is -3.14. The van der Waals surface area contributed by atoms with Crippen LogP contribution in [0.3, 0.4) is 0 Å². The first-order chi connectivity index (χ1) is 9.17. The van der Waals surface area contributed by atoms with E-state index in [0.717, 1.165) is 12.0 Å². The fraction of sp³-hybridized carbons (Fsp3) is 0.600. The lowest BCUT2D eigenvalue weighted by atomic mass is 10.1. The van der Waals surface area contributed by atoms with Crippen LogP contribution < -0.4 is 10.5 Å². The summed E-state index contributed by atoms with van der Waals surface area (Å²) in [6, 6.07) is 7.53. The lowest BCUT2D eigenvalue weighted by Crippen LogP contribution is -2.32. The van der Waals surface area contributed by atoms with E-state index in [1.54, 1.807) is 20.8 Å². The Kier molecular flexibility index (Phi) is 5.59. The third kappa shape index (κ3) is 4.49. The minimum absolute atomic E-state index is 0.0206. The van der Waals surface area contributed by atoms with Crippen molar-refractivity contribution in [3.05, 3.63) is 29.8 Å². The fourth-order valence-corrected chi connectivity index (χ4v) is 2.54. The van der Waals surface area contributed by atoms with Crippen molar-refractivity contribution in [3.63, 3.8) is 0 Å². The number of rotatable bonds is 6. The number of hydrogen-bond donors (Lipinski definition) is 1. The van der Waals surface area contributed by atoms with Gasteiger partial charge in [-0.1, -0.05) is 19.1 Å². The van der Waals surface area contributed by atoms with Crippen LogP contribution in [-0.2, 0) is 9.84 Å². The largest absolute Gasteiger partial charge is 0.493 e. The molecule has 1 aromatic rings. The average Bonchev–Trinajstić information content (AvgIpc) is 2.37. The van der Waals surface area contributed by atoms with Gasteiger partial charge in [0.25, 0.3) is 0 Å². The van der Waals surface area contributed by atoms with E-state index in [4.69, 9.17) is 10.5 Å². The molecule has 0 saturated heterocycles. The molecule has 0 amide bonds. The van der Waals surface area contributed by atoms with Crippen LogP contribution in [-0.4, -0.2) is 25.5 Å². The minimum atomic E-state index is -3.14. The summed E-state index contributed by atoms with van der Waals surface area (Å²) < 4.78 is 28.6. The summed E-state index contributed by atoms with van der Waals surface area (Å²) in [5.41, 5.74) is 6.99. The minimum Gasteiger partial charge on any atom is -0.493 e. The van der Waals surface area contributed by atoms with Gasteiger partial charge in [-0.25, -0.2) is 8.42 Å². The Labute approximate surface area is 122 Å². The third-order valence-electron chi connectivity index (χ3n) is 3.30. The molecule has 0 radical (unpaired) electrons. The van der Waals surface area contributed by atoms with Crippen molar-refractivity contribution in [2.24, 2.45) is 5.73 Å². The van der Waals surface area contributed by atoms with Gasteiger partial charge in [-0.2, -0.15) is 0 Å². The van der Waals surface area contributed by atoms with Crippen LogP contribution in [0, 0.1) is 0 Å². The van der Waals surface area contributed by atoms with Crippen molar-refractivity contribution in [3.8, 4) is 5.75 Å². The first-order valence-corrected chi connectivity index (χ1v) is 8.53. The molecule has 114 valence electrons. The van der Waals surface area contributed by atoms with E-state index in [9.17, 15) is 8.42 Å². The Hall–Kier alpha value is -1.07. The first kappa shape index (κ1) is 17.0. The third-order valence-corrected chi connectivity index (χ3v) is 5.87. The Morgan fingerprint density at radius 2 is 1.75 bits per heavy atom. The van der Waals surface area contributed by atoms with E-state index in [1.165, 1.54) is 0 Å². The van der Waals surface area contributed by atoms with Crippen LogP contribution in [0.2, 0.25) is 0 Å². The predicted molar refractivity (Wildman–Crippen MR) is 82.7 cm³/mol. The monoisotopic (exact) mass is 299 g/mol. The molecular weight excluding hydrogens is 274 g/mol.